The van der Waals surface area contributed by atoms with Crippen molar-refractivity contribution >= 4 is 23.8 Å². The molecule has 0 aliphatic rings. The van der Waals surface area contributed by atoms with Crippen molar-refractivity contribution < 1.29 is 23.9 Å². The molecule has 0 heterocycles. The van der Waals surface area contributed by atoms with E-state index in [2.05, 4.69) is 17.6 Å². The molecule has 9 heteroatoms. The summed E-state index contributed by atoms with van der Waals surface area (Å²) in [4.78, 5) is 53.3. The van der Waals surface area contributed by atoms with E-state index in [0.29, 0.717) is 12.0 Å². The number of carbonyl (C=O) groups is 4. The van der Waals surface area contributed by atoms with Crippen molar-refractivity contribution in [2.24, 2.45) is 5.73 Å². The van der Waals surface area contributed by atoms with Crippen LogP contribution in [-0.4, -0.2) is 52.9 Å². The van der Waals surface area contributed by atoms with Crippen LogP contribution in [0.4, 0.5) is 4.79 Å². The van der Waals surface area contributed by atoms with Crippen molar-refractivity contribution in [3.63, 3.8) is 0 Å². The van der Waals surface area contributed by atoms with E-state index < -0.39 is 42.0 Å². The first-order chi connectivity index (χ1) is 17.3. The zero-order chi connectivity index (χ0) is 28.2. The van der Waals surface area contributed by atoms with Gasteiger partial charge in [-0.15, -0.1) is 0 Å². The summed E-state index contributed by atoms with van der Waals surface area (Å²) in [6.07, 6.45) is 3.10. The number of hydrogen-bond acceptors (Lipinski definition) is 5. The van der Waals surface area contributed by atoms with Gasteiger partial charge >= 0.3 is 6.09 Å². The highest BCUT2D eigenvalue weighted by Gasteiger charge is 2.36. The van der Waals surface area contributed by atoms with Gasteiger partial charge in [0.15, 0.2) is 0 Å². The van der Waals surface area contributed by atoms with Gasteiger partial charge in [-0.25, -0.2) is 4.79 Å². The number of aryl methyl sites for hydroxylation is 1. The minimum absolute atomic E-state index is 0.150. The monoisotopic (exact) mass is 518 g/mol. The topological polar surface area (TPSA) is 131 Å². The number of benzene rings is 1. The lowest BCUT2D eigenvalue weighted by Gasteiger charge is -2.35. The molecule has 37 heavy (non-hydrogen) atoms. The number of amides is 4. The Balaban J connectivity index is 3.49. The molecule has 0 saturated carbocycles. The van der Waals surface area contributed by atoms with Crippen molar-refractivity contribution in [3.8, 4) is 0 Å². The van der Waals surface area contributed by atoms with Crippen LogP contribution in [0.25, 0.3) is 0 Å². The van der Waals surface area contributed by atoms with Crippen LogP contribution in [0.3, 0.4) is 0 Å². The van der Waals surface area contributed by atoms with E-state index in [1.807, 2.05) is 45.0 Å². The molecule has 0 fully saturated rings. The van der Waals surface area contributed by atoms with E-state index in [-0.39, 0.29) is 18.5 Å². The van der Waals surface area contributed by atoms with E-state index in [1.54, 1.807) is 20.8 Å². The van der Waals surface area contributed by atoms with Gasteiger partial charge in [0.05, 0.1) is 6.42 Å². The molecule has 9 nitrogen and oxygen atoms in total. The lowest BCUT2D eigenvalue weighted by atomic mass is 9.99. The van der Waals surface area contributed by atoms with Gasteiger partial charge in [-0.2, -0.15) is 0 Å². The molecule has 1 aromatic carbocycles. The number of alkyl carbamates (subject to hydrolysis) is 1. The van der Waals surface area contributed by atoms with Gasteiger partial charge in [-0.05, 0) is 58.6 Å². The van der Waals surface area contributed by atoms with Gasteiger partial charge in [-0.1, -0.05) is 57.4 Å². The summed E-state index contributed by atoms with van der Waals surface area (Å²) in [5.74, 6) is -1.65. The summed E-state index contributed by atoms with van der Waals surface area (Å²) in [6, 6.07) is 5.19. The molecule has 0 saturated heterocycles. The summed E-state index contributed by atoms with van der Waals surface area (Å²) in [6.45, 7) is 13.2. The first kappa shape index (κ1) is 31.9. The number of carbonyl (C=O) groups excluding carboxylic acids is 4. The molecule has 1 rings (SSSR count). The summed E-state index contributed by atoms with van der Waals surface area (Å²) in [5, 5.41) is 5.43. The Hall–Kier alpha value is -3.10. The van der Waals surface area contributed by atoms with Gasteiger partial charge in [0.2, 0.25) is 17.7 Å². The highest BCUT2D eigenvalue weighted by molar-refractivity contribution is 5.94. The molecular formula is C28H46N4O5. The van der Waals surface area contributed by atoms with Crippen LogP contribution in [0, 0.1) is 0 Å². The fraction of sp³-hybridized carbons (Fsp3) is 0.643. The van der Waals surface area contributed by atoms with Crippen molar-refractivity contribution in [1.29, 1.82) is 0 Å². The Kier molecular flexibility index (Phi) is 13.1. The summed E-state index contributed by atoms with van der Waals surface area (Å²) >= 11 is 0. The predicted octanol–water partition coefficient (Wildman–Crippen LogP) is 3.99. The zero-order valence-corrected chi connectivity index (χ0v) is 23.6. The van der Waals surface area contributed by atoms with Crippen molar-refractivity contribution in [1.82, 2.24) is 15.5 Å². The van der Waals surface area contributed by atoms with Gasteiger partial charge in [-0.3, -0.25) is 14.4 Å². The lowest BCUT2D eigenvalue weighted by molar-refractivity contribution is -0.143. The Morgan fingerprint density at radius 1 is 0.973 bits per heavy atom. The summed E-state index contributed by atoms with van der Waals surface area (Å²) in [5.41, 5.74) is 6.39. The molecule has 2 unspecified atom stereocenters. The number of rotatable bonds is 14. The number of unbranched alkanes of at least 4 members (excludes halogenated alkanes) is 3. The van der Waals surface area contributed by atoms with E-state index in [4.69, 9.17) is 10.5 Å². The largest absolute Gasteiger partial charge is 0.444 e. The van der Waals surface area contributed by atoms with Crippen LogP contribution in [0.5, 0.6) is 0 Å². The average molecular weight is 519 g/mol. The first-order valence-electron chi connectivity index (χ1n) is 13.3. The van der Waals surface area contributed by atoms with Gasteiger partial charge < -0.3 is 26.0 Å². The van der Waals surface area contributed by atoms with Gasteiger partial charge in [0.25, 0.3) is 0 Å². The average Bonchev–Trinajstić information content (AvgIpc) is 2.78. The smallest absolute Gasteiger partial charge is 0.408 e. The molecule has 4 N–H and O–H groups in total. The second-order valence-electron chi connectivity index (χ2n) is 10.6. The maximum absolute atomic E-state index is 13.9. The minimum atomic E-state index is -1.28. The molecule has 0 bridgehead atoms. The standard InChI is InChI=1S/C28H46N4O5/c1-8-10-11-12-17-32(26(35)22(18-23(29)33)31-27(36)37-28(5,6)7)24(25(34)30-19(3)4)21-15-13-20(9-2)14-16-21/h13-16,19,22,24H,8-12,17-18H2,1-7H3,(H2,29,33)(H,30,34)(H,31,36). The number of nitrogens with zero attached hydrogens (tertiary/aromatic N) is 1. The molecule has 2 atom stereocenters. The Labute approximate surface area is 221 Å². The molecule has 1 aromatic rings. The van der Waals surface area contributed by atoms with Crippen LogP contribution >= 0.6 is 0 Å². The normalized spacial score (nSPS) is 13.0. The number of primary amides is 1. The van der Waals surface area contributed by atoms with Crippen LogP contribution in [0.15, 0.2) is 24.3 Å². The molecule has 0 aliphatic heterocycles. The third-order valence-electron chi connectivity index (χ3n) is 5.62. The van der Waals surface area contributed by atoms with E-state index in [9.17, 15) is 19.2 Å². The third kappa shape index (κ3) is 11.7. The molecule has 4 amide bonds. The highest BCUT2D eigenvalue weighted by atomic mass is 16.6. The van der Waals surface area contributed by atoms with Crippen molar-refractivity contribution in [3.05, 3.63) is 35.4 Å². The Morgan fingerprint density at radius 2 is 1.59 bits per heavy atom. The fourth-order valence-corrected chi connectivity index (χ4v) is 3.90. The SMILES string of the molecule is CCCCCCN(C(=O)C(CC(N)=O)NC(=O)OC(C)(C)C)C(C(=O)NC(C)C)c1ccc(CC)cc1. The van der Waals surface area contributed by atoms with E-state index in [1.165, 1.54) is 4.90 Å². The van der Waals surface area contributed by atoms with E-state index >= 15 is 0 Å². The fourth-order valence-electron chi connectivity index (χ4n) is 3.90. The molecule has 0 aliphatic carbocycles. The molecule has 208 valence electrons. The van der Waals surface area contributed by atoms with Crippen LogP contribution < -0.4 is 16.4 Å². The number of nitrogens with one attached hydrogen (secondary N) is 2. The maximum atomic E-state index is 13.9. The number of hydrogen-bond donors (Lipinski definition) is 3. The number of ether oxygens (including phenoxy) is 1. The zero-order valence-electron chi connectivity index (χ0n) is 23.6. The highest BCUT2D eigenvalue weighted by Crippen LogP contribution is 2.25. The maximum Gasteiger partial charge on any atom is 0.408 e. The van der Waals surface area contributed by atoms with E-state index in [0.717, 1.165) is 31.2 Å². The second kappa shape index (κ2) is 15.2. The third-order valence-corrected chi connectivity index (χ3v) is 5.62. The summed E-state index contributed by atoms with van der Waals surface area (Å²) < 4.78 is 5.31. The quantitative estimate of drug-likeness (QED) is 0.321. The first-order valence-corrected chi connectivity index (χ1v) is 13.3. The molecule has 0 radical (unpaired) electrons. The van der Waals surface area contributed by atoms with Gasteiger partial charge in [0.1, 0.15) is 17.7 Å². The molecule has 0 spiro atoms. The van der Waals surface area contributed by atoms with Crippen molar-refractivity contribution in [2.75, 3.05) is 6.54 Å². The van der Waals surface area contributed by atoms with Crippen LogP contribution in [0.1, 0.15) is 97.7 Å². The Morgan fingerprint density at radius 3 is 2.08 bits per heavy atom. The summed E-state index contributed by atoms with van der Waals surface area (Å²) in [7, 11) is 0. The predicted molar refractivity (Wildman–Crippen MR) is 145 cm³/mol. The van der Waals surface area contributed by atoms with Gasteiger partial charge in [0, 0.05) is 12.6 Å². The van der Waals surface area contributed by atoms with Crippen molar-refractivity contribution in [2.45, 2.75) is 111 Å². The number of nitrogens with two attached hydrogens (primary N) is 1. The second-order valence-corrected chi connectivity index (χ2v) is 10.6. The van der Waals surface area contributed by atoms with Crippen LogP contribution in [0.2, 0.25) is 0 Å². The Bertz CT molecular complexity index is 893. The minimum Gasteiger partial charge on any atom is -0.444 e. The lowest BCUT2D eigenvalue weighted by Crippen LogP contribution is -2.54. The van der Waals surface area contributed by atoms with Crippen LogP contribution in [-0.2, 0) is 25.5 Å². The molecule has 0 aromatic heterocycles. The molecular weight excluding hydrogens is 472 g/mol.